The number of nitrogens with zero attached hydrogens (tertiary/aromatic N) is 2. The lowest BCUT2D eigenvalue weighted by Crippen LogP contribution is -2.22. The van der Waals surface area contributed by atoms with Crippen molar-refractivity contribution >= 4 is 11.7 Å². The number of alkyl halides is 2. The standard InChI is InChI=1S/C10H12F2N4O/c1-6(15-16-10(13)14)7-3-2-4-8(5-7)17-9(11)12/h2-5,9H,1H3,(H4,13,14,16). The Bertz CT molecular complexity index is 442. The van der Waals surface area contributed by atoms with E-state index in [0.29, 0.717) is 11.3 Å². The van der Waals surface area contributed by atoms with Crippen molar-refractivity contribution in [3.8, 4) is 5.75 Å². The summed E-state index contributed by atoms with van der Waals surface area (Å²) in [6.45, 7) is -1.21. The monoisotopic (exact) mass is 242 g/mol. The van der Waals surface area contributed by atoms with E-state index in [1.165, 1.54) is 12.1 Å². The van der Waals surface area contributed by atoms with Crippen molar-refractivity contribution in [2.75, 3.05) is 0 Å². The molecule has 7 heteroatoms. The normalized spacial score (nSPS) is 11.4. The fourth-order valence-electron chi connectivity index (χ4n) is 1.09. The smallest absolute Gasteiger partial charge is 0.387 e. The molecule has 0 radical (unpaired) electrons. The lowest BCUT2D eigenvalue weighted by molar-refractivity contribution is -0.0498. The van der Waals surface area contributed by atoms with Crippen LogP contribution in [0.4, 0.5) is 8.78 Å². The maximum atomic E-state index is 12.0. The van der Waals surface area contributed by atoms with Gasteiger partial charge in [0.25, 0.3) is 0 Å². The summed E-state index contributed by atoms with van der Waals surface area (Å²) in [7, 11) is 0. The van der Waals surface area contributed by atoms with Gasteiger partial charge in [0, 0.05) is 5.56 Å². The maximum Gasteiger partial charge on any atom is 0.387 e. The molecule has 0 saturated carbocycles. The van der Waals surface area contributed by atoms with Gasteiger partial charge in [-0.05, 0) is 19.1 Å². The Morgan fingerprint density at radius 1 is 1.29 bits per heavy atom. The molecule has 0 bridgehead atoms. The lowest BCUT2D eigenvalue weighted by Gasteiger charge is -2.05. The highest BCUT2D eigenvalue weighted by atomic mass is 19.3. The third kappa shape index (κ3) is 4.45. The van der Waals surface area contributed by atoms with Gasteiger partial charge in [-0.2, -0.15) is 13.9 Å². The molecular formula is C10H12F2N4O. The molecule has 0 atom stereocenters. The van der Waals surface area contributed by atoms with Crippen LogP contribution in [0.15, 0.2) is 34.5 Å². The summed E-state index contributed by atoms with van der Waals surface area (Å²) in [5.41, 5.74) is 11.3. The maximum absolute atomic E-state index is 12.0. The van der Waals surface area contributed by atoms with Crippen molar-refractivity contribution in [1.29, 1.82) is 0 Å². The van der Waals surface area contributed by atoms with Crippen LogP contribution in [0.2, 0.25) is 0 Å². The first-order valence-corrected chi connectivity index (χ1v) is 4.67. The first-order valence-electron chi connectivity index (χ1n) is 4.67. The van der Waals surface area contributed by atoms with Gasteiger partial charge in [0.1, 0.15) is 5.75 Å². The molecule has 0 unspecified atom stereocenters. The molecule has 0 spiro atoms. The van der Waals surface area contributed by atoms with Gasteiger partial charge in [0.05, 0.1) is 5.71 Å². The summed E-state index contributed by atoms with van der Waals surface area (Å²) in [4.78, 5) is 0. The van der Waals surface area contributed by atoms with Gasteiger partial charge >= 0.3 is 6.61 Å². The zero-order valence-electron chi connectivity index (χ0n) is 9.10. The molecule has 5 nitrogen and oxygen atoms in total. The summed E-state index contributed by atoms with van der Waals surface area (Å²) < 4.78 is 28.3. The number of halogens is 2. The van der Waals surface area contributed by atoms with Gasteiger partial charge in [-0.3, -0.25) is 0 Å². The highest BCUT2D eigenvalue weighted by Crippen LogP contribution is 2.16. The summed E-state index contributed by atoms with van der Waals surface area (Å²) in [6.07, 6.45) is 0. The number of guanidine groups is 1. The largest absolute Gasteiger partial charge is 0.435 e. The fraction of sp³-hybridized carbons (Fsp3) is 0.200. The summed E-state index contributed by atoms with van der Waals surface area (Å²) in [5.74, 6) is -0.124. The molecule has 0 aromatic heterocycles. The molecule has 0 heterocycles. The average Bonchev–Trinajstić information content (AvgIpc) is 2.25. The molecule has 0 amide bonds. The van der Waals surface area contributed by atoms with E-state index >= 15 is 0 Å². The molecule has 92 valence electrons. The Morgan fingerprint density at radius 2 is 2.00 bits per heavy atom. The minimum absolute atomic E-state index is 0.0525. The predicted octanol–water partition coefficient (Wildman–Crippen LogP) is 1.29. The Kier molecular flexibility index (Phi) is 4.38. The Labute approximate surface area is 96.8 Å². The number of rotatable bonds is 4. The minimum atomic E-state index is -2.86. The number of ether oxygens (including phenoxy) is 1. The van der Waals surface area contributed by atoms with Crippen molar-refractivity contribution in [3.63, 3.8) is 0 Å². The molecule has 0 saturated heterocycles. The first kappa shape index (κ1) is 12.9. The highest BCUT2D eigenvalue weighted by Gasteiger charge is 2.05. The van der Waals surface area contributed by atoms with Crippen molar-refractivity contribution < 1.29 is 13.5 Å². The van der Waals surface area contributed by atoms with Crippen LogP contribution in [0.1, 0.15) is 12.5 Å². The molecule has 1 aromatic rings. The van der Waals surface area contributed by atoms with Crippen molar-refractivity contribution in [3.05, 3.63) is 29.8 Å². The van der Waals surface area contributed by atoms with E-state index in [0.717, 1.165) is 0 Å². The van der Waals surface area contributed by atoms with E-state index in [1.54, 1.807) is 19.1 Å². The van der Waals surface area contributed by atoms with Crippen molar-refractivity contribution in [1.82, 2.24) is 0 Å². The topological polar surface area (TPSA) is 86.0 Å². The second-order valence-corrected chi connectivity index (χ2v) is 3.12. The van der Waals surface area contributed by atoms with Crippen LogP contribution in [0, 0.1) is 0 Å². The van der Waals surface area contributed by atoms with Crippen LogP contribution in [0.25, 0.3) is 0 Å². The molecule has 0 aliphatic rings. The van der Waals surface area contributed by atoms with Gasteiger partial charge in [0.15, 0.2) is 0 Å². The van der Waals surface area contributed by atoms with Crippen LogP contribution < -0.4 is 16.2 Å². The Hall–Kier alpha value is -2.18. The van der Waals surface area contributed by atoms with Crippen LogP contribution in [-0.2, 0) is 0 Å². The van der Waals surface area contributed by atoms with Gasteiger partial charge in [-0.25, -0.2) is 0 Å². The number of hydrogen-bond acceptors (Lipinski definition) is 3. The Balaban J connectivity index is 2.91. The molecule has 1 aromatic carbocycles. The third-order valence-electron chi connectivity index (χ3n) is 1.79. The predicted molar refractivity (Wildman–Crippen MR) is 61.1 cm³/mol. The number of benzene rings is 1. The van der Waals surface area contributed by atoms with Crippen LogP contribution in [0.5, 0.6) is 5.75 Å². The van der Waals surface area contributed by atoms with Gasteiger partial charge in [0.2, 0.25) is 5.96 Å². The van der Waals surface area contributed by atoms with Crippen molar-refractivity contribution in [2.24, 2.45) is 21.7 Å². The number of nitrogens with two attached hydrogens (primary N) is 2. The van der Waals surface area contributed by atoms with E-state index in [9.17, 15) is 8.78 Å². The van der Waals surface area contributed by atoms with Crippen LogP contribution >= 0.6 is 0 Å². The van der Waals surface area contributed by atoms with Gasteiger partial charge < -0.3 is 16.2 Å². The zero-order valence-corrected chi connectivity index (χ0v) is 9.10. The third-order valence-corrected chi connectivity index (χ3v) is 1.79. The van der Waals surface area contributed by atoms with E-state index in [-0.39, 0.29) is 11.7 Å². The first-order chi connectivity index (χ1) is 7.99. The van der Waals surface area contributed by atoms with Crippen molar-refractivity contribution in [2.45, 2.75) is 13.5 Å². The Morgan fingerprint density at radius 3 is 2.59 bits per heavy atom. The molecule has 0 aliphatic carbocycles. The van der Waals surface area contributed by atoms with E-state index in [2.05, 4.69) is 14.9 Å². The molecule has 1 rings (SSSR count). The summed E-state index contributed by atoms with van der Waals surface area (Å²) in [5, 5.41) is 7.19. The molecular weight excluding hydrogens is 230 g/mol. The van der Waals surface area contributed by atoms with E-state index in [4.69, 9.17) is 11.5 Å². The van der Waals surface area contributed by atoms with Gasteiger partial charge in [-0.1, -0.05) is 12.1 Å². The second kappa shape index (κ2) is 5.78. The summed E-state index contributed by atoms with van der Waals surface area (Å²) in [6, 6.07) is 6.09. The van der Waals surface area contributed by atoms with Gasteiger partial charge in [-0.15, -0.1) is 5.10 Å². The average molecular weight is 242 g/mol. The van der Waals surface area contributed by atoms with Crippen LogP contribution in [-0.4, -0.2) is 18.3 Å². The summed E-state index contributed by atoms with van der Waals surface area (Å²) >= 11 is 0. The minimum Gasteiger partial charge on any atom is -0.435 e. The van der Waals surface area contributed by atoms with E-state index < -0.39 is 6.61 Å². The SMILES string of the molecule is CC(=NN=C(N)N)c1cccc(OC(F)F)c1. The fourth-order valence-corrected chi connectivity index (χ4v) is 1.09. The lowest BCUT2D eigenvalue weighted by atomic mass is 10.1. The molecule has 17 heavy (non-hydrogen) atoms. The molecule has 4 N–H and O–H groups in total. The van der Waals surface area contributed by atoms with E-state index in [1.807, 2.05) is 0 Å². The molecule has 0 aliphatic heterocycles. The number of hydrogen-bond donors (Lipinski definition) is 2. The zero-order chi connectivity index (χ0) is 12.8. The molecule has 0 fully saturated rings. The highest BCUT2D eigenvalue weighted by molar-refractivity contribution is 5.99. The van der Waals surface area contributed by atoms with Crippen LogP contribution in [0.3, 0.4) is 0 Å². The quantitative estimate of drug-likeness (QED) is 0.474. The second-order valence-electron chi connectivity index (χ2n) is 3.12.